The van der Waals surface area contributed by atoms with Gasteiger partial charge < -0.3 is 10.6 Å². The summed E-state index contributed by atoms with van der Waals surface area (Å²) >= 11 is 0. The van der Waals surface area contributed by atoms with Crippen LogP contribution < -0.4 is 10.6 Å². The number of hydrogen-bond donors (Lipinski definition) is 2. The lowest BCUT2D eigenvalue weighted by Crippen LogP contribution is -2.38. The molecule has 0 unspecified atom stereocenters. The van der Waals surface area contributed by atoms with E-state index in [0.29, 0.717) is 5.56 Å². The molecule has 0 saturated carbocycles. The Hall–Kier alpha value is -2.12. The maximum absolute atomic E-state index is 12.6. The Bertz CT molecular complexity index is 471. The highest BCUT2D eigenvalue weighted by Gasteiger charge is 2.38. The van der Waals surface area contributed by atoms with Crippen molar-refractivity contribution in [2.45, 2.75) is 19.1 Å². The van der Waals surface area contributed by atoms with Crippen LogP contribution in [0.4, 0.5) is 17.6 Å². The SMILES string of the molecule is O=C(CCNC(=O)C(F)(F)F)NCc1ccc(F)cc1. The van der Waals surface area contributed by atoms with Gasteiger partial charge >= 0.3 is 12.1 Å². The summed E-state index contributed by atoms with van der Waals surface area (Å²) in [5.74, 6) is -3.00. The zero-order valence-corrected chi connectivity index (χ0v) is 10.3. The van der Waals surface area contributed by atoms with Crippen LogP contribution in [0, 0.1) is 5.82 Å². The molecule has 1 aromatic carbocycles. The molecule has 0 aliphatic heterocycles. The molecule has 0 bridgehead atoms. The number of halogens is 4. The Morgan fingerprint density at radius 2 is 1.65 bits per heavy atom. The highest BCUT2D eigenvalue weighted by atomic mass is 19.4. The predicted molar refractivity (Wildman–Crippen MR) is 61.9 cm³/mol. The molecule has 0 fully saturated rings. The van der Waals surface area contributed by atoms with Gasteiger partial charge in [0.1, 0.15) is 5.82 Å². The smallest absolute Gasteiger partial charge is 0.352 e. The Labute approximate surface area is 112 Å². The minimum absolute atomic E-state index is 0.131. The van der Waals surface area contributed by atoms with E-state index in [1.807, 2.05) is 0 Å². The Kier molecular flexibility index (Phi) is 5.48. The van der Waals surface area contributed by atoms with Crippen LogP contribution in [0.25, 0.3) is 0 Å². The fraction of sp³-hybridized carbons (Fsp3) is 0.333. The summed E-state index contributed by atoms with van der Waals surface area (Å²) in [6.07, 6.45) is -5.23. The summed E-state index contributed by atoms with van der Waals surface area (Å²) in [4.78, 5) is 21.8. The maximum Gasteiger partial charge on any atom is 0.471 e. The first-order valence-electron chi connectivity index (χ1n) is 5.65. The topological polar surface area (TPSA) is 58.2 Å². The van der Waals surface area contributed by atoms with E-state index in [1.54, 1.807) is 5.32 Å². The highest BCUT2D eigenvalue weighted by molar-refractivity contribution is 5.82. The van der Waals surface area contributed by atoms with Gasteiger partial charge in [0.15, 0.2) is 0 Å². The van der Waals surface area contributed by atoms with Crippen LogP contribution in [-0.2, 0) is 16.1 Å². The minimum Gasteiger partial charge on any atom is -0.352 e. The highest BCUT2D eigenvalue weighted by Crippen LogP contribution is 2.13. The van der Waals surface area contributed by atoms with Crippen molar-refractivity contribution in [1.82, 2.24) is 10.6 Å². The molecule has 0 heterocycles. The molecule has 1 rings (SSSR count). The van der Waals surface area contributed by atoms with E-state index in [2.05, 4.69) is 5.32 Å². The molecule has 0 spiro atoms. The van der Waals surface area contributed by atoms with Crippen LogP contribution in [0.3, 0.4) is 0 Å². The zero-order valence-electron chi connectivity index (χ0n) is 10.3. The maximum atomic E-state index is 12.6. The van der Waals surface area contributed by atoms with Gasteiger partial charge in [0.25, 0.3) is 0 Å². The van der Waals surface area contributed by atoms with Gasteiger partial charge in [-0.2, -0.15) is 13.2 Å². The largest absolute Gasteiger partial charge is 0.471 e. The Balaban J connectivity index is 2.24. The number of alkyl halides is 3. The van der Waals surface area contributed by atoms with Crippen LogP contribution in [0.15, 0.2) is 24.3 Å². The molecule has 110 valence electrons. The predicted octanol–water partition coefficient (Wildman–Crippen LogP) is 1.51. The Morgan fingerprint density at radius 1 is 1.05 bits per heavy atom. The fourth-order valence-electron chi connectivity index (χ4n) is 1.28. The van der Waals surface area contributed by atoms with Gasteiger partial charge in [-0.3, -0.25) is 9.59 Å². The van der Waals surface area contributed by atoms with Crippen molar-refractivity contribution in [3.8, 4) is 0 Å². The second-order valence-corrected chi connectivity index (χ2v) is 3.91. The summed E-state index contributed by atoms with van der Waals surface area (Å²) in [7, 11) is 0. The summed E-state index contributed by atoms with van der Waals surface area (Å²) in [5, 5.41) is 4.02. The van der Waals surface area contributed by atoms with Crippen LogP contribution in [0.5, 0.6) is 0 Å². The van der Waals surface area contributed by atoms with Gasteiger partial charge in [-0.1, -0.05) is 12.1 Å². The Morgan fingerprint density at radius 3 is 2.20 bits per heavy atom. The number of carbonyl (C=O) groups is 2. The molecule has 2 N–H and O–H groups in total. The lowest BCUT2D eigenvalue weighted by atomic mass is 10.2. The average molecular weight is 292 g/mol. The van der Waals surface area contributed by atoms with Crippen molar-refractivity contribution in [2.24, 2.45) is 0 Å². The number of nitrogens with one attached hydrogen (secondary N) is 2. The second-order valence-electron chi connectivity index (χ2n) is 3.91. The zero-order chi connectivity index (χ0) is 15.2. The number of carbonyl (C=O) groups excluding carboxylic acids is 2. The van der Waals surface area contributed by atoms with Crippen LogP contribution in [0.1, 0.15) is 12.0 Å². The molecule has 0 aliphatic carbocycles. The minimum atomic E-state index is -4.95. The van der Waals surface area contributed by atoms with Crippen molar-refractivity contribution >= 4 is 11.8 Å². The van der Waals surface area contributed by atoms with Crippen LogP contribution in [0.2, 0.25) is 0 Å². The van der Waals surface area contributed by atoms with Crippen molar-refractivity contribution in [3.05, 3.63) is 35.6 Å². The molecule has 1 aromatic rings. The number of hydrogen-bond acceptors (Lipinski definition) is 2. The first kappa shape index (κ1) is 15.9. The van der Waals surface area contributed by atoms with Gasteiger partial charge in [-0.15, -0.1) is 0 Å². The van der Waals surface area contributed by atoms with E-state index in [4.69, 9.17) is 0 Å². The van der Waals surface area contributed by atoms with E-state index < -0.39 is 30.4 Å². The third-order valence-corrected chi connectivity index (χ3v) is 2.30. The van der Waals surface area contributed by atoms with Gasteiger partial charge in [0.2, 0.25) is 5.91 Å². The molecule has 20 heavy (non-hydrogen) atoms. The molecular weight excluding hydrogens is 280 g/mol. The fourth-order valence-corrected chi connectivity index (χ4v) is 1.28. The first-order chi connectivity index (χ1) is 9.29. The van der Waals surface area contributed by atoms with E-state index in [1.165, 1.54) is 24.3 Å². The molecule has 4 nitrogen and oxygen atoms in total. The van der Waals surface area contributed by atoms with Gasteiger partial charge in [0.05, 0.1) is 0 Å². The molecule has 0 atom stereocenters. The van der Waals surface area contributed by atoms with Crippen molar-refractivity contribution in [3.63, 3.8) is 0 Å². The molecule has 0 aromatic heterocycles. The number of benzene rings is 1. The number of amides is 2. The standard InChI is InChI=1S/C12H12F4N2O2/c13-9-3-1-8(2-4-9)7-18-10(19)5-6-17-11(20)12(14,15)16/h1-4H,5-7H2,(H,17,20)(H,18,19). The molecule has 0 aliphatic rings. The molecule has 8 heteroatoms. The normalized spacial score (nSPS) is 11.0. The van der Waals surface area contributed by atoms with Crippen LogP contribution >= 0.6 is 0 Å². The van der Waals surface area contributed by atoms with E-state index in [-0.39, 0.29) is 13.0 Å². The average Bonchev–Trinajstić information content (AvgIpc) is 2.37. The third-order valence-electron chi connectivity index (χ3n) is 2.30. The quantitative estimate of drug-likeness (QED) is 0.808. The molecule has 0 saturated heterocycles. The first-order valence-corrected chi connectivity index (χ1v) is 5.65. The summed E-state index contributed by atoms with van der Waals surface area (Å²) in [6.45, 7) is -0.278. The summed E-state index contributed by atoms with van der Waals surface area (Å²) in [5.41, 5.74) is 0.652. The summed E-state index contributed by atoms with van der Waals surface area (Å²) in [6, 6.07) is 5.40. The summed E-state index contributed by atoms with van der Waals surface area (Å²) < 4.78 is 48.1. The van der Waals surface area contributed by atoms with E-state index >= 15 is 0 Å². The van der Waals surface area contributed by atoms with Crippen molar-refractivity contribution < 1.29 is 27.2 Å². The van der Waals surface area contributed by atoms with Crippen molar-refractivity contribution in [2.75, 3.05) is 6.54 Å². The van der Waals surface area contributed by atoms with E-state index in [0.717, 1.165) is 0 Å². The van der Waals surface area contributed by atoms with E-state index in [9.17, 15) is 27.2 Å². The molecule has 0 radical (unpaired) electrons. The lowest BCUT2D eigenvalue weighted by molar-refractivity contribution is -0.173. The second kappa shape index (κ2) is 6.88. The van der Waals surface area contributed by atoms with Crippen molar-refractivity contribution in [1.29, 1.82) is 0 Å². The third kappa shape index (κ3) is 5.68. The van der Waals surface area contributed by atoms with Gasteiger partial charge in [0, 0.05) is 19.5 Å². The number of rotatable bonds is 5. The van der Waals surface area contributed by atoms with Gasteiger partial charge in [-0.25, -0.2) is 4.39 Å². The van der Waals surface area contributed by atoms with Crippen LogP contribution in [-0.4, -0.2) is 24.5 Å². The monoisotopic (exact) mass is 292 g/mol. The lowest BCUT2D eigenvalue weighted by Gasteiger charge is -2.08. The molecular formula is C12H12F4N2O2. The van der Waals surface area contributed by atoms with Gasteiger partial charge in [-0.05, 0) is 17.7 Å². The molecule has 2 amide bonds.